The molecule has 2 N–H and O–H groups in total. The second kappa shape index (κ2) is 3.26. The fraction of sp³-hybridized carbons (Fsp3) is 0.111. The summed E-state index contributed by atoms with van der Waals surface area (Å²) in [4.78, 5) is 11.2. The minimum absolute atomic E-state index is 0.628. The van der Waals surface area contributed by atoms with Gasteiger partial charge in [0.05, 0.1) is 22.5 Å². The molecular formula is C9H9N3OS. The van der Waals surface area contributed by atoms with Crippen LogP contribution in [0.25, 0.3) is 11.3 Å². The van der Waals surface area contributed by atoms with Crippen molar-refractivity contribution < 1.29 is 4.79 Å². The number of aromatic nitrogens is 2. The van der Waals surface area contributed by atoms with Gasteiger partial charge in [-0.15, -0.1) is 11.3 Å². The molecule has 4 nitrogen and oxygen atoms in total. The average Bonchev–Trinajstić information content (AvgIpc) is 2.73. The first-order valence-corrected chi connectivity index (χ1v) is 4.92. The first-order valence-electron chi connectivity index (χ1n) is 4.04. The Bertz CT molecular complexity index is 453. The number of aldehydes is 1. The molecule has 72 valence electrons. The standard InChI is InChI=1S/C9H9N3OS/c1-12-9(8(10)3-11-12)6-2-7(4-13)14-5-6/h2-5H,10H2,1H3. The van der Waals surface area contributed by atoms with Crippen LogP contribution in [0, 0.1) is 0 Å². The van der Waals surface area contributed by atoms with E-state index in [0.717, 1.165) is 17.5 Å². The van der Waals surface area contributed by atoms with Crippen LogP contribution in [-0.2, 0) is 7.05 Å². The normalized spacial score (nSPS) is 10.4. The lowest BCUT2D eigenvalue weighted by Gasteiger charge is -1.99. The number of nitrogens with zero attached hydrogens (tertiary/aromatic N) is 2. The van der Waals surface area contributed by atoms with Crippen LogP contribution in [0.1, 0.15) is 9.67 Å². The number of nitrogens with two attached hydrogens (primary N) is 1. The average molecular weight is 207 g/mol. The summed E-state index contributed by atoms with van der Waals surface area (Å²) in [6.45, 7) is 0. The topological polar surface area (TPSA) is 60.9 Å². The van der Waals surface area contributed by atoms with Gasteiger partial charge in [0.1, 0.15) is 0 Å². The van der Waals surface area contributed by atoms with Crippen molar-refractivity contribution >= 4 is 23.3 Å². The number of anilines is 1. The van der Waals surface area contributed by atoms with Crippen LogP contribution in [0.2, 0.25) is 0 Å². The van der Waals surface area contributed by atoms with E-state index in [1.165, 1.54) is 11.3 Å². The van der Waals surface area contributed by atoms with Crippen LogP contribution >= 0.6 is 11.3 Å². The fourth-order valence-corrected chi connectivity index (χ4v) is 2.04. The predicted molar refractivity (Wildman–Crippen MR) is 56.3 cm³/mol. The van der Waals surface area contributed by atoms with E-state index in [1.54, 1.807) is 10.9 Å². The number of thiophene rings is 1. The number of carbonyl (C=O) groups is 1. The quantitative estimate of drug-likeness (QED) is 0.760. The summed E-state index contributed by atoms with van der Waals surface area (Å²) in [6.07, 6.45) is 2.44. The van der Waals surface area contributed by atoms with E-state index in [9.17, 15) is 4.79 Å². The number of carbonyl (C=O) groups excluding carboxylic acids is 1. The third-order valence-corrected chi connectivity index (χ3v) is 2.83. The molecule has 14 heavy (non-hydrogen) atoms. The molecule has 0 saturated carbocycles. The van der Waals surface area contributed by atoms with E-state index in [-0.39, 0.29) is 0 Å². The first kappa shape index (κ1) is 8.96. The third-order valence-electron chi connectivity index (χ3n) is 1.98. The smallest absolute Gasteiger partial charge is 0.160 e. The van der Waals surface area contributed by atoms with Crippen molar-refractivity contribution in [3.8, 4) is 11.3 Å². The van der Waals surface area contributed by atoms with Crippen molar-refractivity contribution in [2.45, 2.75) is 0 Å². The maximum atomic E-state index is 10.5. The molecule has 0 radical (unpaired) electrons. The monoisotopic (exact) mass is 207 g/mol. The molecule has 0 saturated heterocycles. The zero-order valence-corrected chi connectivity index (χ0v) is 8.41. The second-order valence-corrected chi connectivity index (χ2v) is 3.87. The van der Waals surface area contributed by atoms with Gasteiger partial charge in [-0.2, -0.15) is 5.10 Å². The van der Waals surface area contributed by atoms with Crippen molar-refractivity contribution in [1.29, 1.82) is 0 Å². The summed E-state index contributed by atoms with van der Waals surface area (Å²) < 4.78 is 1.70. The van der Waals surface area contributed by atoms with E-state index >= 15 is 0 Å². The Labute approximate surface area is 85.0 Å². The van der Waals surface area contributed by atoms with Crippen molar-refractivity contribution in [2.75, 3.05) is 5.73 Å². The summed E-state index contributed by atoms with van der Waals surface area (Å²) in [6, 6.07) is 1.81. The van der Waals surface area contributed by atoms with Crippen molar-refractivity contribution in [2.24, 2.45) is 7.05 Å². The molecule has 0 aliphatic rings. The van der Waals surface area contributed by atoms with Crippen molar-refractivity contribution in [3.05, 3.63) is 22.5 Å². The number of hydrogen-bond acceptors (Lipinski definition) is 4. The molecule has 0 amide bonds. The van der Waals surface area contributed by atoms with Crippen LogP contribution in [0.3, 0.4) is 0 Å². The highest BCUT2D eigenvalue weighted by Crippen LogP contribution is 2.28. The highest BCUT2D eigenvalue weighted by atomic mass is 32.1. The molecule has 2 aromatic rings. The van der Waals surface area contributed by atoms with Gasteiger partial charge in [0, 0.05) is 18.0 Å². The highest BCUT2D eigenvalue weighted by Gasteiger charge is 2.09. The summed E-state index contributed by atoms with van der Waals surface area (Å²) in [7, 11) is 1.82. The van der Waals surface area contributed by atoms with Gasteiger partial charge in [-0.25, -0.2) is 0 Å². The molecule has 2 heterocycles. The first-order chi connectivity index (χ1) is 6.72. The summed E-state index contributed by atoms with van der Waals surface area (Å²) >= 11 is 1.40. The van der Waals surface area contributed by atoms with Crippen LogP contribution in [0.5, 0.6) is 0 Å². The molecular weight excluding hydrogens is 198 g/mol. The molecule has 2 aromatic heterocycles. The Morgan fingerprint density at radius 3 is 2.93 bits per heavy atom. The van der Waals surface area contributed by atoms with Gasteiger partial charge in [-0.3, -0.25) is 9.48 Å². The van der Waals surface area contributed by atoms with E-state index < -0.39 is 0 Å². The molecule has 0 aromatic carbocycles. The minimum Gasteiger partial charge on any atom is -0.396 e. The minimum atomic E-state index is 0.628. The molecule has 0 fully saturated rings. The molecule has 2 rings (SSSR count). The van der Waals surface area contributed by atoms with E-state index in [1.807, 2.05) is 18.5 Å². The summed E-state index contributed by atoms with van der Waals surface area (Å²) in [5.74, 6) is 0. The fourth-order valence-electron chi connectivity index (χ4n) is 1.35. The number of aryl methyl sites for hydroxylation is 1. The molecule has 0 bridgehead atoms. The number of hydrogen-bond donors (Lipinski definition) is 1. The van der Waals surface area contributed by atoms with Gasteiger partial charge in [-0.05, 0) is 6.07 Å². The molecule has 0 aliphatic heterocycles. The summed E-state index contributed by atoms with van der Waals surface area (Å²) in [5.41, 5.74) is 8.18. The molecule has 0 spiro atoms. The second-order valence-electron chi connectivity index (χ2n) is 2.93. The highest BCUT2D eigenvalue weighted by molar-refractivity contribution is 7.12. The van der Waals surface area contributed by atoms with Crippen molar-refractivity contribution in [1.82, 2.24) is 9.78 Å². The molecule has 0 aliphatic carbocycles. The number of nitrogen functional groups attached to an aromatic ring is 1. The van der Waals surface area contributed by atoms with Gasteiger partial charge in [0.2, 0.25) is 0 Å². The van der Waals surface area contributed by atoms with Gasteiger partial charge < -0.3 is 5.73 Å². The lowest BCUT2D eigenvalue weighted by Crippen LogP contribution is -1.94. The Kier molecular flexibility index (Phi) is 2.09. The van der Waals surface area contributed by atoms with E-state index in [2.05, 4.69) is 5.10 Å². The molecule has 5 heteroatoms. The van der Waals surface area contributed by atoms with Crippen molar-refractivity contribution in [3.63, 3.8) is 0 Å². The van der Waals surface area contributed by atoms with Gasteiger partial charge >= 0.3 is 0 Å². The molecule has 0 atom stereocenters. The van der Waals surface area contributed by atoms with E-state index in [4.69, 9.17) is 5.73 Å². The summed E-state index contributed by atoms with van der Waals surface area (Å²) in [5, 5.41) is 5.94. The third kappa shape index (κ3) is 1.31. The zero-order chi connectivity index (χ0) is 10.1. The maximum absolute atomic E-state index is 10.5. The lowest BCUT2D eigenvalue weighted by atomic mass is 10.2. The Hall–Kier alpha value is -1.62. The van der Waals surface area contributed by atoms with Crippen LogP contribution in [0.15, 0.2) is 17.6 Å². The Morgan fingerprint density at radius 2 is 2.43 bits per heavy atom. The Balaban J connectivity index is 2.53. The molecule has 0 unspecified atom stereocenters. The van der Waals surface area contributed by atoms with Crippen LogP contribution in [-0.4, -0.2) is 16.1 Å². The van der Waals surface area contributed by atoms with Crippen LogP contribution < -0.4 is 5.73 Å². The van der Waals surface area contributed by atoms with Gasteiger partial charge in [-0.1, -0.05) is 0 Å². The van der Waals surface area contributed by atoms with Crippen LogP contribution in [0.4, 0.5) is 5.69 Å². The van der Waals surface area contributed by atoms with E-state index in [0.29, 0.717) is 10.6 Å². The zero-order valence-electron chi connectivity index (χ0n) is 7.60. The Morgan fingerprint density at radius 1 is 1.64 bits per heavy atom. The van der Waals surface area contributed by atoms with Gasteiger partial charge in [0.15, 0.2) is 6.29 Å². The lowest BCUT2D eigenvalue weighted by molar-refractivity contribution is 0.112. The SMILES string of the molecule is Cn1ncc(N)c1-c1csc(C=O)c1. The predicted octanol–water partition coefficient (Wildman–Crippen LogP) is 1.54. The number of rotatable bonds is 2. The maximum Gasteiger partial charge on any atom is 0.160 e. The largest absolute Gasteiger partial charge is 0.396 e. The van der Waals surface area contributed by atoms with Gasteiger partial charge in [0.25, 0.3) is 0 Å².